The van der Waals surface area contributed by atoms with E-state index < -0.39 is 51.0 Å². The number of hydrogen-bond acceptors (Lipinski definition) is 9. The highest BCUT2D eigenvalue weighted by molar-refractivity contribution is 7.49. The van der Waals surface area contributed by atoms with Crippen LogP contribution in [0.2, 0.25) is 0 Å². The van der Waals surface area contributed by atoms with Gasteiger partial charge in [0, 0.05) is 22.8 Å². The largest absolute Gasteiger partial charge is 0.530 e. The molecule has 2 N–H and O–H groups in total. The second-order valence-electron chi connectivity index (χ2n) is 7.66. The van der Waals surface area contributed by atoms with Crippen LogP contribution in [0.5, 0.6) is 5.75 Å². The van der Waals surface area contributed by atoms with Crippen molar-refractivity contribution >= 4 is 13.7 Å². The number of carbonyl (C=O) groups is 1. The summed E-state index contributed by atoms with van der Waals surface area (Å²) in [6.07, 6.45) is -2.96. The van der Waals surface area contributed by atoms with Gasteiger partial charge in [-0.25, -0.2) is 8.96 Å². The number of halogens is 1. The molecule has 0 aromatic heterocycles. The van der Waals surface area contributed by atoms with Crippen molar-refractivity contribution in [3.8, 4) is 5.75 Å². The molecule has 1 amide bonds. The van der Waals surface area contributed by atoms with Gasteiger partial charge in [-0.05, 0) is 18.0 Å². The molecule has 5 atom stereocenters. The van der Waals surface area contributed by atoms with Crippen molar-refractivity contribution in [2.24, 2.45) is 5.11 Å². The SMILES string of the molecule is C=C1NC(=O)C=CN1[C@@H]1O[C@](CN=[N+]=[N-])(COP2(=O)OCc3cccc(C)c3O2)[C@@H](O)[C@H]1F. The molecule has 3 aliphatic heterocycles. The summed E-state index contributed by atoms with van der Waals surface area (Å²) in [5, 5.41) is 16.5. The Balaban J connectivity index is 1.56. The molecule has 1 fully saturated rings. The minimum atomic E-state index is -4.17. The van der Waals surface area contributed by atoms with Crippen LogP contribution in [0.25, 0.3) is 10.4 Å². The number of phosphoric ester groups is 1. The summed E-state index contributed by atoms with van der Waals surface area (Å²) < 4.78 is 50.2. The zero-order valence-corrected chi connectivity index (χ0v) is 18.4. The van der Waals surface area contributed by atoms with E-state index in [0.717, 1.165) is 6.08 Å². The molecule has 1 saturated heterocycles. The number of rotatable bonds is 6. The van der Waals surface area contributed by atoms with Crippen molar-refractivity contribution < 1.29 is 37.2 Å². The van der Waals surface area contributed by atoms with Gasteiger partial charge in [-0.3, -0.25) is 13.8 Å². The van der Waals surface area contributed by atoms with Crippen molar-refractivity contribution in [2.45, 2.75) is 37.6 Å². The molecule has 0 saturated carbocycles. The fourth-order valence-corrected chi connectivity index (χ4v) is 5.04. The van der Waals surface area contributed by atoms with Gasteiger partial charge in [-0.1, -0.05) is 29.9 Å². The lowest BCUT2D eigenvalue weighted by Crippen LogP contribution is -2.48. The Bertz CT molecular complexity index is 1110. The first-order valence-corrected chi connectivity index (χ1v) is 11.3. The second-order valence-corrected chi connectivity index (χ2v) is 9.25. The summed E-state index contributed by atoms with van der Waals surface area (Å²) in [7, 11) is -4.17. The number of benzene rings is 1. The maximum atomic E-state index is 15.1. The molecule has 0 radical (unpaired) electrons. The number of aliphatic hydroxyl groups excluding tert-OH is 1. The van der Waals surface area contributed by atoms with Crippen LogP contribution in [0.3, 0.4) is 0 Å². The van der Waals surface area contributed by atoms with Gasteiger partial charge in [0.05, 0.1) is 19.8 Å². The number of alkyl halides is 1. The lowest BCUT2D eigenvalue weighted by molar-refractivity contribution is -0.131. The number of azide groups is 1. The third kappa shape index (κ3) is 4.34. The lowest BCUT2D eigenvalue weighted by atomic mass is 9.97. The van der Waals surface area contributed by atoms with Gasteiger partial charge in [0.2, 0.25) is 0 Å². The number of para-hydroxylation sites is 1. The number of nitrogens with one attached hydrogen (secondary N) is 1. The van der Waals surface area contributed by atoms with E-state index in [2.05, 4.69) is 21.9 Å². The van der Waals surface area contributed by atoms with Crippen LogP contribution < -0.4 is 9.84 Å². The van der Waals surface area contributed by atoms with E-state index in [1.807, 2.05) is 0 Å². The van der Waals surface area contributed by atoms with E-state index in [1.165, 1.54) is 11.1 Å². The number of nitrogens with zero attached hydrogens (tertiary/aromatic N) is 4. The third-order valence-electron chi connectivity index (χ3n) is 5.45. The molecule has 176 valence electrons. The predicted octanol–water partition coefficient (Wildman–Crippen LogP) is 2.55. The Morgan fingerprint density at radius 1 is 1.55 bits per heavy atom. The molecule has 3 heterocycles. The summed E-state index contributed by atoms with van der Waals surface area (Å²) in [5.74, 6) is -0.105. The summed E-state index contributed by atoms with van der Waals surface area (Å²) in [5.41, 5.74) is 8.24. The van der Waals surface area contributed by atoms with Gasteiger partial charge in [0.15, 0.2) is 12.4 Å². The molecule has 12 nitrogen and oxygen atoms in total. The fourth-order valence-electron chi connectivity index (χ4n) is 3.70. The third-order valence-corrected chi connectivity index (χ3v) is 6.75. The lowest BCUT2D eigenvalue weighted by Gasteiger charge is -2.34. The molecule has 1 unspecified atom stereocenters. The van der Waals surface area contributed by atoms with Crippen LogP contribution in [-0.4, -0.2) is 53.2 Å². The minimum absolute atomic E-state index is 0.0154. The normalized spacial score (nSPS) is 33.2. The first-order valence-electron chi connectivity index (χ1n) is 9.82. The Kier molecular flexibility index (Phi) is 6.19. The van der Waals surface area contributed by atoms with Crippen molar-refractivity contribution in [2.75, 3.05) is 13.2 Å². The molecule has 0 spiro atoms. The van der Waals surface area contributed by atoms with Gasteiger partial charge >= 0.3 is 7.82 Å². The number of ether oxygens (including phenoxy) is 1. The van der Waals surface area contributed by atoms with Gasteiger partial charge in [-0.2, -0.15) is 0 Å². The number of hydrogen-bond donors (Lipinski definition) is 2. The first kappa shape index (κ1) is 23.2. The highest BCUT2D eigenvalue weighted by Gasteiger charge is 2.58. The molecular formula is C19H21FN5O7P. The average Bonchev–Trinajstić information content (AvgIpc) is 3.03. The van der Waals surface area contributed by atoms with Gasteiger partial charge < -0.3 is 24.6 Å². The van der Waals surface area contributed by atoms with Crippen molar-refractivity contribution in [1.29, 1.82) is 0 Å². The quantitative estimate of drug-likeness (QED) is 0.272. The van der Waals surface area contributed by atoms with Crippen LogP contribution in [0, 0.1) is 6.92 Å². The molecule has 0 aliphatic carbocycles. The number of aryl methyl sites for hydroxylation is 1. The molecule has 4 rings (SSSR count). The summed E-state index contributed by atoms with van der Waals surface area (Å²) in [6.45, 7) is 4.12. The Hall–Kier alpha value is -2.92. The maximum absolute atomic E-state index is 15.1. The van der Waals surface area contributed by atoms with Gasteiger partial charge in [0.1, 0.15) is 23.3 Å². The number of amides is 1. The topological polar surface area (TPSA) is 155 Å². The fraction of sp³-hybridized carbons (Fsp3) is 0.421. The van der Waals surface area contributed by atoms with Gasteiger partial charge in [0.25, 0.3) is 5.91 Å². The number of carbonyl (C=O) groups excluding carboxylic acids is 1. The van der Waals surface area contributed by atoms with Crippen LogP contribution in [-0.2, 0) is 29.8 Å². The number of fused-ring (bicyclic) bond motifs is 1. The Labute approximate surface area is 187 Å². The van der Waals surface area contributed by atoms with Crippen molar-refractivity contribution in [1.82, 2.24) is 10.2 Å². The summed E-state index contributed by atoms with van der Waals surface area (Å²) in [4.78, 5) is 15.3. The Morgan fingerprint density at radius 3 is 3.06 bits per heavy atom. The maximum Gasteiger partial charge on any atom is 0.530 e. The van der Waals surface area contributed by atoms with Crippen LogP contribution >= 0.6 is 7.82 Å². The first-order chi connectivity index (χ1) is 15.7. The zero-order valence-electron chi connectivity index (χ0n) is 17.5. The van der Waals surface area contributed by atoms with Crippen molar-refractivity contribution in [3.05, 3.63) is 64.4 Å². The molecule has 3 aliphatic rings. The van der Waals surface area contributed by atoms with E-state index in [4.69, 9.17) is 23.8 Å². The monoisotopic (exact) mass is 481 g/mol. The van der Waals surface area contributed by atoms with Crippen molar-refractivity contribution in [3.63, 3.8) is 0 Å². The van der Waals surface area contributed by atoms with E-state index in [1.54, 1.807) is 25.1 Å². The smallest absolute Gasteiger partial charge is 0.403 e. The average molecular weight is 481 g/mol. The highest BCUT2D eigenvalue weighted by atomic mass is 31.2. The van der Waals surface area contributed by atoms with Crippen LogP contribution in [0.4, 0.5) is 4.39 Å². The number of phosphoric acid groups is 1. The molecule has 14 heteroatoms. The van der Waals surface area contributed by atoms with E-state index >= 15 is 4.39 Å². The number of aliphatic hydroxyl groups is 1. The van der Waals surface area contributed by atoms with Crippen LogP contribution in [0.15, 0.2) is 48.0 Å². The summed E-state index contributed by atoms with van der Waals surface area (Å²) in [6, 6.07) is 5.30. The molecule has 0 bridgehead atoms. The Morgan fingerprint density at radius 2 is 2.33 bits per heavy atom. The second kappa shape index (κ2) is 8.79. The van der Waals surface area contributed by atoms with E-state index in [-0.39, 0.29) is 12.4 Å². The molecular weight excluding hydrogens is 460 g/mol. The molecule has 1 aromatic carbocycles. The molecule has 1 aromatic rings. The van der Waals surface area contributed by atoms with Crippen LogP contribution in [0.1, 0.15) is 11.1 Å². The van der Waals surface area contributed by atoms with E-state index in [0.29, 0.717) is 16.9 Å². The van der Waals surface area contributed by atoms with Gasteiger partial charge in [-0.15, -0.1) is 0 Å². The minimum Gasteiger partial charge on any atom is -0.403 e. The van der Waals surface area contributed by atoms with E-state index in [9.17, 15) is 14.5 Å². The zero-order chi connectivity index (χ0) is 23.8. The highest BCUT2D eigenvalue weighted by Crippen LogP contribution is 2.56. The summed E-state index contributed by atoms with van der Waals surface area (Å²) >= 11 is 0. The standard InChI is InChI=1S/C19H21FN5O7P/c1-11-4-3-5-13-8-29-33(28,32-16(11)13)30-10-19(9-22-24-21)17(27)15(20)18(31-19)25-7-6-14(26)23-12(25)2/h3-7,15,17-18,27H,2,8-10H2,1H3,(H,23,26)/t15-,17+,18-,19-,33?/m1/s1. The predicted molar refractivity (Wildman–Crippen MR) is 111 cm³/mol. The molecule has 33 heavy (non-hydrogen) atoms.